The molecule has 20 heavy (non-hydrogen) atoms. The molecule has 0 saturated heterocycles. The van der Waals surface area contributed by atoms with Gasteiger partial charge in [0.05, 0.1) is 0 Å². The molecule has 0 aliphatic carbocycles. The van der Waals surface area contributed by atoms with Gasteiger partial charge in [-0.25, -0.2) is 18.0 Å². The summed E-state index contributed by atoms with van der Waals surface area (Å²) < 4.78 is 38.9. The van der Waals surface area contributed by atoms with Crippen molar-refractivity contribution in [1.29, 1.82) is 0 Å². The molecule has 2 aromatic rings. The van der Waals surface area contributed by atoms with E-state index in [0.29, 0.717) is 5.56 Å². The van der Waals surface area contributed by atoms with Gasteiger partial charge in [0.1, 0.15) is 5.82 Å². The first-order valence-electron chi connectivity index (χ1n) is 5.79. The van der Waals surface area contributed by atoms with Crippen molar-refractivity contribution >= 4 is 11.7 Å². The van der Waals surface area contributed by atoms with E-state index >= 15 is 0 Å². The maximum Gasteiger partial charge on any atom is 0.319 e. The number of amides is 2. The first-order valence-corrected chi connectivity index (χ1v) is 5.79. The summed E-state index contributed by atoms with van der Waals surface area (Å²) in [4.78, 5) is 11.5. The molecule has 0 atom stereocenters. The van der Waals surface area contributed by atoms with E-state index in [4.69, 9.17) is 0 Å². The standard InChI is InChI=1S/C14H11F3N2O/c15-11-4-2-1-3-9(11)8-18-14(20)19-10-5-6-12(16)13(17)7-10/h1-7H,8H2,(H2,18,19,20). The molecule has 0 aliphatic rings. The van der Waals surface area contributed by atoms with Crippen molar-refractivity contribution in [2.75, 3.05) is 5.32 Å². The Hall–Kier alpha value is -2.50. The maximum absolute atomic E-state index is 13.3. The molecular weight excluding hydrogens is 269 g/mol. The highest BCUT2D eigenvalue weighted by atomic mass is 19.2. The summed E-state index contributed by atoms with van der Waals surface area (Å²) in [6.07, 6.45) is 0. The number of rotatable bonds is 3. The first kappa shape index (κ1) is 13.9. The highest BCUT2D eigenvalue weighted by Crippen LogP contribution is 2.13. The summed E-state index contributed by atoms with van der Waals surface area (Å²) in [6, 6.07) is 8.35. The lowest BCUT2D eigenvalue weighted by Crippen LogP contribution is -2.28. The lowest BCUT2D eigenvalue weighted by atomic mass is 10.2. The number of anilines is 1. The molecule has 0 unspecified atom stereocenters. The van der Waals surface area contributed by atoms with Gasteiger partial charge >= 0.3 is 6.03 Å². The minimum Gasteiger partial charge on any atom is -0.334 e. The molecule has 2 rings (SSSR count). The zero-order valence-electron chi connectivity index (χ0n) is 10.3. The zero-order chi connectivity index (χ0) is 14.5. The van der Waals surface area contributed by atoms with E-state index in [2.05, 4.69) is 10.6 Å². The zero-order valence-corrected chi connectivity index (χ0v) is 10.3. The first-order chi connectivity index (χ1) is 9.56. The quantitative estimate of drug-likeness (QED) is 0.888. The van der Waals surface area contributed by atoms with Crippen LogP contribution in [-0.4, -0.2) is 6.03 Å². The van der Waals surface area contributed by atoms with Gasteiger partial charge in [-0.3, -0.25) is 0 Å². The molecule has 6 heteroatoms. The molecule has 0 aromatic heterocycles. The van der Waals surface area contributed by atoms with Crippen molar-refractivity contribution in [2.45, 2.75) is 6.54 Å². The van der Waals surface area contributed by atoms with E-state index in [0.717, 1.165) is 12.1 Å². The van der Waals surface area contributed by atoms with Crippen LogP contribution in [0.2, 0.25) is 0 Å². The smallest absolute Gasteiger partial charge is 0.319 e. The van der Waals surface area contributed by atoms with Crippen molar-refractivity contribution in [3.63, 3.8) is 0 Å². The van der Waals surface area contributed by atoms with Gasteiger partial charge in [-0.1, -0.05) is 18.2 Å². The molecular formula is C14H11F3N2O. The molecule has 0 fully saturated rings. The SMILES string of the molecule is O=C(NCc1ccccc1F)Nc1ccc(F)c(F)c1. The fourth-order valence-corrected chi connectivity index (χ4v) is 1.57. The van der Waals surface area contributed by atoms with Crippen molar-refractivity contribution in [3.05, 3.63) is 65.5 Å². The van der Waals surface area contributed by atoms with Gasteiger partial charge in [0.15, 0.2) is 11.6 Å². The van der Waals surface area contributed by atoms with Crippen molar-refractivity contribution in [1.82, 2.24) is 5.32 Å². The average Bonchev–Trinajstić information content (AvgIpc) is 2.42. The number of halogens is 3. The van der Waals surface area contributed by atoms with Gasteiger partial charge in [-0.05, 0) is 18.2 Å². The predicted molar refractivity (Wildman–Crippen MR) is 68.6 cm³/mol. The monoisotopic (exact) mass is 280 g/mol. The summed E-state index contributed by atoms with van der Waals surface area (Å²) in [5.74, 6) is -2.49. The second-order valence-corrected chi connectivity index (χ2v) is 4.03. The Labute approximate surface area is 113 Å². The van der Waals surface area contributed by atoms with E-state index in [9.17, 15) is 18.0 Å². The minimum absolute atomic E-state index is 0.0117. The minimum atomic E-state index is -1.06. The number of carbonyl (C=O) groups is 1. The highest BCUT2D eigenvalue weighted by Gasteiger charge is 2.07. The Morgan fingerprint density at radius 2 is 1.70 bits per heavy atom. The summed E-state index contributed by atoms with van der Waals surface area (Å²) in [5, 5.41) is 4.74. The van der Waals surface area contributed by atoms with Crippen molar-refractivity contribution < 1.29 is 18.0 Å². The average molecular weight is 280 g/mol. The van der Waals surface area contributed by atoms with Crippen LogP contribution in [0.15, 0.2) is 42.5 Å². The van der Waals surface area contributed by atoms with Crippen LogP contribution >= 0.6 is 0 Å². The van der Waals surface area contributed by atoms with E-state index in [1.54, 1.807) is 12.1 Å². The number of carbonyl (C=O) groups excluding carboxylic acids is 1. The third-order valence-corrected chi connectivity index (χ3v) is 2.57. The Morgan fingerprint density at radius 3 is 2.40 bits per heavy atom. The molecule has 2 amide bonds. The number of hydrogen-bond acceptors (Lipinski definition) is 1. The second kappa shape index (κ2) is 6.10. The van der Waals surface area contributed by atoms with Crippen LogP contribution < -0.4 is 10.6 Å². The molecule has 3 nitrogen and oxygen atoms in total. The summed E-state index contributed by atoms with van der Waals surface area (Å²) in [5.41, 5.74) is 0.433. The van der Waals surface area contributed by atoms with Crippen LogP contribution in [0.1, 0.15) is 5.56 Å². The van der Waals surface area contributed by atoms with E-state index in [1.807, 2.05) is 0 Å². The van der Waals surface area contributed by atoms with Crippen LogP contribution in [-0.2, 0) is 6.54 Å². The number of urea groups is 1. The summed E-state index contributed by atoms with van der Waals surface area (Å²) >= 11 is 0. The van der Waals surface area contributed by atoms with Crippen LogP contribution in [0.25, 0.3) is 0 Å². The van der Waals surface area contributed by atoms with Gasteiger partial charge in [0.25, 0.3) is 0 Å². The van der Waals surface area contributed by atoms with E-state index in [-0.39, 0.29) is 12.2 Å². The van der Waals surface area contributed by atoms with Crippen molar-refractivity contribution in [3.8, 4) is 0 Å². The lowest BCUT2D eigenvalue weighted by molar-refractivity contribution is 0.251. The van der Waals surface area contributed by atoms with Crippen LogP contribution in [0.4, 0.5) is 23.7 Å². The van der Waals surface area contributed by atoms with Gasteiger partial charge in [0, 0.05) is 23.9 Å². The Kier molecular flexibility index (Phi) is 4.24. The van der Waals surface area contributed by atoms with Crippen molar-refractivity contribution in [2.24, 2.45) is 0 Å². The van der Waals surface area contributed by atoms with Gasteiger partial charge in [0.2, 0.25) is 0 Å². The fourth-order valence-electron chi connectivity index (χ4n) is 1.57. The highest BCUT2D eigenvalue weighted by molar-refractivity contribution is 5.89. The molecule has 0 radical (unpaired) electrons. The number of nitrogens with one attached hydrogen (secondary N) is 2. The fraction of sp³-hybridized carbons (Fsp3) is 0.0714. The summed E-state index contributed by atoms with van der Waals surface area (Å²) in [6.45, 7) is -0.0117. The molecule has 0 spiro atoms. The Bertz CT molecular complexity index is 632. The number of benzene rings is 2. The molecule has 2 N–H and O–H groups in total. The third kappa shape index (κ3) is 3.50. The van der Waals surface area contributed by atoms with Crippen LogP contribution in [0.5, 0.6) is 0 Å². The van der Waals surface area contributed by atoms with E-state index < -0.39 is 23.5 Å². The molecule has 0 aliphatic heterocycles. The lowest BCUT2D eigenvalue weighted by Gasteiger charge is -2.08. The largest absolute Gasteiger partial charge is 0.334 e. The molecule has 2 aromatic carbocycles. The second-order valence-electron chi connectivity index (χ2n) is 4.03. The van der Waals surface area contributed by atoms with Gasteiger partial charge in [-0.2, -0.15) is 0 Å². The van der Waals surface area contributed by atoms with E-state index in [1.165, 1.54) is 18.2 Å². The normalized spacial score (nSPS) is 10.2. The molecule has 104 valence electrons. The molecule has 0 saturated carbocycles. The predicted octanol–water partition coefficient (Wildman–Crippen LogP) is 3.43. The van der Waals surface area contributed by atoms with Gasteiger partial charge in [-0.15, -0.1) is 0 Å². The van der Waals surface area contributed by atoms with Crippen LogP contribution in [0, 0.1) is 17.5 Å². The Balaban J connectivity index is 1.93. The third-order valence-electron chi connectivity index (χ3n) is 2.57. The Morgan fingerprint density at radius 1 is 0.950 bits per heavy atom. The maximum atomic E-state index is 13.3. The number of hydrogen-bond donors (Lipinski definition) is 2. The summed E-state index contributed by atoms with van der Waals surface area (Å²) in [7, 11) is 0. The molecule has 0 heterocycles. The topological polar surface area (TPSA) is 41.1 Å². The van der Waals surface area contributed by atoms with Crippen LogP contribution in [0.3, 0.4) is 0 Å². The molecule has 0 bridgehead atoms. The van der Waals surface area contributed by atoms with Gasteiger partial charge < -0.3 is 10.6 Å².